The van der Waals surface area contributed by atoms with E-state index in [-0.39, 0.29) is 5.91 Å². The molecular weight excluding hydrogens is 374 g/mol. The largest absolute Gasteiger partial charge is 0.437 e. The lowest BCUT2D eigenvalue weighted by Crippen LogP contribution is -2.05. The maximum atomic E-state index is 11.2. The Morgan fingerprint density at radius 3 is 2.57 bits per heavy atom. The molecule has 0 bridgehead atoms. The van der Waals surface area contributed by atoms with Gasteiger partial charge < -0.3 is 10.1 Å². The normalized spacial score (nSPS) is 10.6. The molecule has 3 aromatic carbocycles. The Bertz CT molecular complexity index is 1160. The van der Waals surface area contributed by atoms with Gasteiger partial charge in [-0.25, -0.2) is 9.97 Å². The molecule has 4 rings (SSSR count). The van der Waals surface area contributed by atoms with Gasteiger partial charge in [-0.15, -0.1) is 0 Å². The van der Waals surface area contributed by atoms with Crippen LogP contribution < -0.4 is 10.1 Å². The van der Waals surface area contributed by atoms with Crippen molar-refractivity contribution < 1.29 is 9.53 Å². The van der Waals surface area contributed by atoms with E-state index in [0.717, 1.165) is 16.8 Å². The highest BCUT2D eigenvalue weighted by molar-refractivity contribution is 6.34. The molecule has 0 saturated carbocycles. The fourth-order valence-corrected chi connectivity index (χ4v) is 3.07. The van der Waals surface area contributed by atoms with Gasteiger partial charge >= 0.3 is 0 Å². The quantitative estimate of drug-likeness (QED) is 0.486. The number of amides is 1. The molecule has 0 saturated heterocycles. The number of para-hydroxylation sites is 1. The second kappa shape index (κ2) is 7.66. The van der Waals surface area contributed by atoms with Crippen LogP contribution in [0, 0.1) is 0 Å². The summed E-state index contributed by atoms with van der Waals surface area (Å²) in [6, 6.07) is 20.7. The van der Waals surface area contributed by atoms with E-state index < -0.39 is 0 Å². The molecule has 4 aromatic rings. The summed E-state index contributed by atoms with van der Waals surface area (Å²) < 4.78 is 5.82. The smallest absolute Gasteiger partial charge is 0.238 e. The third-order valence-electron chi connectivity index (χ3n) is 4.09. The molecule has 0 aliphatic rings. The van der Waals surface area contributed by atoms with Crippen molar-refractivity contribution in [3.05, 3.63) is 77.9 Å². The van der Waals surface area contributed by atoms with Crippen LogP contribution in [-0.4, -0.2) is 15.9 Å². The number of fused-ring (bicyclic) bond motifs is 1. The van der Waals surface area contributed by atoms with Crippen molar-refractivity contribution >= 4 is 34.2 Å². The minimum absolute atomic E-state index is 0.0984. The minimum Gasteiger partial charge on any atom is -0.437 e. The van der Waals surface area contributed by atoms with E-state index in [1.54, 1.807) is 12.3 Å². The number of hydrogen-bond donors (Lipinski definition) is 1. The first kappa shape index (κ1) is 17.9. The van der Waals surface area contributed by atoms with Crippen LogP contribution in [-0.2, 0) is 4.79 Å². The van der Waals surface area contributed by atoms with Gasteiger partial charge in [-0.05, 0) is 47.5 Å². The standard InChI is InChI=1S/C22H16ClN3O2/c1-14(27)25-17-5-2-4-16(12-17)15-8-10-18(11-9-15)28-21-13-24-22-19(23)6-3-7-20(22)26-21/h2-13H,1H3,(H,25,27). The van der Waals surface area contributed by atoms with Crippen LogP contribution in [0.4, 0.5) is 5.69 Å². The number of halogens is 1. The van der Waals surface area contributed by atoms with Gasteiger partial charge in [0.1, 0.15) is 11.3 Å². The predicted octanol–water partition coefficient (Wildman–Crippen LogP) is 5.70. The number of benzene rings is 3. The zero-order valence-corrected chi connectivity index (χ0v) is 15.8. The SMILES string of the molecule is CC(=O)Nc1cccc(-c2ccc(Oc3cnc4c(Cl)cccc4n3)cc2)c1. The van der Waals surface area contributed by atoms with Gasteiger partial charge in [-0.1, -0.05) is 41.9 Å². The number of ether oxygens (including phenoxy) is 1. The monoisotopic (exact) mass is 389 g/mol. The molecule has 1 amide bonds. The van der Waals surface area contributed by atoms with Gasteiger partial charge in [0.15, 0.2) is 0 Å². The van der Waals surface area contributed by atoms with Crippen molar-refractivity contribution in [3.63, 3.8) is 0 Å². The number of carbonyl (C=O) groups excluding carboxylic acids is 1. The average molecular weight is 390 g/mol. The second-order valence-corrected chi connectivity index (χ2v) is 6.61. The number of nitrogens with one attached hydrogen (secondary N) is 1. The van der Waals surface area contributed by atoms with E-state index in [0.29, 0.717) is 27.7 Å². The van der Waals surface area contributed by atoms with Gasteiger partial charge in [0.25, 0.3) is 0 Å². The molecular formula is C22H16ClN3O2. The van der Waals surface area contributed by atoms with Crippen molar-refractivity contribution in [2.24, 2.45) is 0 Å². The summed E-state index contributed by atoms with van der Waals surface area (Å²) in [5.74, 6) is 0.950. The van der Waals surface area contributed by atoms with E-state index >= 15 is 0 Å². The summed E-state index contributed by atoms with van der Waals surface area (Å²) in [5, 5.41) is 3.35. The molecule has 1 N–H and O–H groups in total. The van der Waals surface area contributed by atoms with Crippen molar-refractivity contribution in [2.75, 3.05) is 5.32 Å². The van der Waals surface area contributed by atoms with E-state index in [1.165, 1.54) is 6.92 Å². The molecule has 28 heavy (non-hydrogen) atoms. The molecule has 0 fully saturated rings. The van der Waals surface area contributed by atoms with Crippen molar-refractivity contribution in [2.45, 2.75) is 6.92 Å². The molecule has 138 valence electrons. The number of hydrogen-bond acceptors (Lipinski definition) is 4. The molecule has 0 aliphatic carbocycles. The lowest BCUT2D eigenvalue weighted by molar-refractivity contribution is -0.114. The first-order chi connectivity index (χ1) is 13.6. The maximum Gasteiger partial charge on any atom is 0.238 e. The summed E-state index contributed by atoms with van der Waals surface area (Å²) in [5.41, 5.74) is 4.09. The molecule has 0 spiro atoms. The summed E-state index contributed by atoms with van der Waals surface area (Å²) in [7, 11) is 0. The zero-order chi connectivity index (χ0) is 19.5. The fraction of sp³-hybridized carbons (Fsp3) is 0.0455. The van der Waals surface area contributed by atoms with Crippen LogP contribution in [0.3, 0.4) is 0 Å². The number of nitrogens with zero attached hydrogens (tertiary/aromatic N) is 2. The van der Waals surface area contributed by atoms with Crippen LogP contribution in [0.5, 0.6) is 11.6 Å². The Hall–Kier alpha value is -3.44. The molecule has 0 unspecified atom stereocenters. The summed E-state index contributed by atoms with van der Waals surface area (Å²) in [4.78, 5) is 20.0. The van der Waals surface area contributed by atoms with Crippen molar-refractivity contribution in [1.82, 2.24) is 9.97 Å². The summed E-state index contributed by atoms with van der Waals surface area (Å²) >= 11 is 6.12. The van der Waals surface area contributed by atoms with E-state index in [4.69, 9.17) is 16.3 Å². The lowest BCUT2D eigenvalue weighted by atomic mass is 10.1. The lowest BCUT2D eigenvalue weighted by Gasteiger charge is -2.08. The third kappa shape index (κ3) is 3.94. The van der Waals surface area contributed by atoms with Gasteiger partial charge in [0.05, 0.1) is 16.7 Å². The maximum absolute atomic E-state index is 11.2. The number of rotatable bonds is 4. The first-order valence-corrected chi connectivity index (χ1v) is 9.03. The molecule has 1 heterocycles. The fourth-order valence-electron chi connectivity index (χ4n) is 2.85. The average Bonchev–Trinajstić information content (AvgIpc) is 2.68. The number of aromatic nitrogens is 2. The molecule has 6 heteroatoms. The number of anilines is 1. The van der Waals surface area contributed by atoms with E-state index in [9.17, 15) is 4.79 Å². The number of carbonyl (C=O) groups is 1. The Morgan fingerprint density at radius 2 is 1.79 bits per heavy atom. The van der Waals surface area contributed by atoms with Gasteiger partial charge in [-0.2, -0.15) is 0 Å². The van der Waals surface area contributed by atoms with Crippen molar-refractivity contribution in [3.8, 4) is 22.8 Å². The minimum atomic E-state index is -0.0984. The highest BCUT2D eigenvalue weighted by atomic mass is 35.5. The highest BCUT2D eigenvalue weighted by Gasteiger charge is 2.06. The molecule has 0 atom stereocenters. The molecule has 5 nitrogen and oxygen atoms in total. The van der Waals surface area contributed by atoms with Crippen LogP contribution in [0.2, 0.25) is 5.02 Å². The summed E-state index contributed by atoms with van der Waals surface area (Å²) in [6.07, 6.45) is 1.55. The van der Waals surface area contributed by atoms with E-state index in [1.807, 2.05) is 60.7 Å². The molecule has 0 aliphatic heterocycles. The predicted molar refractivity (Wildman–Crippen MR) is 111 cm³/mol. The first-order valence-electron chi connectivity index (χ1n) is 8.66. The summed E-state index contributed by atoms with van der Waals surface area (Å²) in [6.45, 7) is 1.49. The van der Waals surface area contributed by atoms with Gasteiger partial charge in [0.2, 0.25) is 11.8 Å². The van der Waals surface area contributed by atoms with Crippen LogP contribution in [0.1, 0.15) is 6.92 Å². The zero-order valence-electron chi connectivity index (χ0n) is 15.0. The van der Waals surface area contributed by atoms with Crippen LogP contribution in [0.15, 0.2) is 72.9 Å². The Morgan fingerprint density at radius 1 is 1.00 bits per heavy atom. The molecule has 1 aromatic heterocycles. The Kier molecular flexibility index (Phi) is 4.91. The topological polar surface area (TPSA) is 64.1 Å². The van der Waals surface area contributed by atoms with Gasteiger partial charge in [-0.3, -0.25) is 4.79 Å². The second-order valence-electron chi connectivity index (χ2n) is 6.20. The highest BCUT2D eigenvalue weighted by Crippen LogP contribution is 2.28. The Balaban J connectivity index is 1.54. The Labute approximate surface area is 167 Å². The van der Waals surface area contributed by atoms with E-state index in [2.05, 4.69) is 15.3 Å². The molecule has 0 radical (unpaired) electrons. The van der Waals surface area contributed by atoms with Crippen LogP contribution in [0.25, 0.3) is 22.2 Å². The van der Waals surface area contributed by atoms with Crippen molar-refractivity contribution in [1.29, 1.82) is 0 Å². The van der Waals surface area contributed by atoms with Gasteiger partial charge in [0, 0.05) is 12.6 Å². The third-order valence-corrected chi connectivity index (χ3v) is 4.40. The van der Waals surface area contributed by atoms with Crippen LogP contribution >= 0.6 is 11.6 Å².